The summed E-state index contributed by atoms with van der Waals surface area (Å²) in [6, 6.07) is -0.846. The van der Waals surface area contributed by atoms with Crippen LogP contribution in [0.3, 0.4) is 0 Å². The number of nitrogens with zero attached hydrogens (tertiary/aromatic N) is 3. The molecule has 0 saturated carbocycles. The van der Waals surface area contributed by atoms with E-state index in [0.717, 1.165) is 12.1 Å². The second-order valence-corrected chi connectivity index (χ2v) is 6.05. The Morgan fingerprint density at radius 1 is 1.38 bits per heavy atom. The average molecular weight is 292 g/mol. The van der Waals surface area contributed by atoms with Gasteiger partial charge in [-0.2, -0.15) is 5.10 Å². The number of aryl methyl sites for hydroxylation is 1. The first-order valence-corrected chi connectivity index (χ1v) is 7.54. The van der Waals surface area contributed by atoms with Gasteiger partial charge in [0.15, 0.2) is 0 Å². The van der Waals surface area contributed by atoms with Gasteiger partial charge in [-0.15, -0.1) is 0 Å². The lowest BCUT2D eigenvalue weighted by Crippen LogP contribution is -2.62. The normalized spacial score (nSPS) is 22.8. The van der Waals surface area contributed by atoms with Gasteiger partial charge in [0.05, 0.1) is 6.20 Å². The Kier molecular flexibility index (Phi) is 4.65. The number of hydrogen-bond acceptors (Lipinski definition) is 3. The van der Waals surface area contributed by atoms with Crippen LogP contribution in [0.1, 0.15) is 39.7 Å². The molecule has 1 aromatic rings. The van der Waals surface area contributed by atoms with Crippen LogP contribution in [0.25, 0.3) is 0 Å². The van der Waals surface area contributed by atoms with E-state index in [-0.39, 0.29) is 11.8 Å². The molecule has 2 rings (SSSR count). The maximum absolute atomic E-state index is 12.4. The number of amides is 2. The first kappa shape index (κ1) is 15.5. The van der Waals surface area contributed by atoms with Crippen molar-refractivity contribution in [2.45, 2.75) is 59.3 Å². The van der Waals surface area contributed by atoms with E-state index in [1.165, 1.54) is 0 Å². The first-order valence-electron chi connectivity index (χ1n) is 7.54. The van der Waals surface area contributed by atoms with Crippen LogP contribution >= 0.6 is 0 Å². The molecule has 2 amide bonds. The summed E-state index contributed by atoms with van der Waals surface area (Å²) in [4.78, 5) is 26.3. The van der Waals surface area contributed by atoms with Crippen molar-refractivity contribution >= 4 is 11.8 Å². The number of nitrogens with one attached hydrogen (secondary N) is 1. The van der Waals surface area contributed by atoms with E-state index in [0.29, 0.717) is 18.9 Å². The fourth-order valence-corrected chi connectivity index (χ4v) is 2.64. The second kappa shape index (κ2) is 6.28. The zero-order valence-corrected chi connectivity index (χ0v) is 13.2. The van der Waals surface area contributed by atoms with Crippen molar-refractivity contribution in [3.8, 4) is 0 Å². The highest BCUT2D eigenvalue weighted by molar-refractivity contribution is 5.96. The van der Waals surface area contributed by atoms with Gasteiger partial charge in [0, 0.05) is 24.8 Å². The maximum Gasteiger partial charge on any atom is 0.245 e. The third-order valence-corrected chi connectivity index (χ3v) is 3.75. The monoisotopic (exact) mass is 292 g/mol. The van der Waals surface area contributed by atoms with Gasteiger partial charge in [0.2, 0.25) is 11.8 Å². The molecule has 1 N–H and O–H groups in total. The highest BCUT2D eigenvalue weighted by Crippen LogP contribution is 2.20. The van der Waals surface area contributed by atoms with E-state index >= 15 is 0 Å². The standard InChI is InChI=1S/C15H24N4O2/c1-5-18-8-12(7-16-18)9-19-13(6-10(2)3)14(20)17-11(4)15(19)21/h7-8,10-11,13H,5-6,9H2,1-4H3,(H,17,20). The molecule has 1 aliphatic rings. The van der Waals surface area contributed by atoms with E-state index in [9.17, 15) is 9.59 Å². The molecule has 0 aliphatic carbocycles. The molecule has 2 heterocycles. The predicted molar refractivity (Wildman–Crippen MR) is 79.3 cm³/mol. The lowest BCUT2D eigenvalue weighted by atomic mass is 9.98. The molecule has 0 spiro atoms. The highest BCUT2D eigenvalue weighted by atomic mass is 16.2. The minimum atomic E-state index is -0.456. The first-order chi connectivity index (χ1) is 9.92. The van der Waals surface area contributed by atoms with Gasteiger partial charge < -0.3 is 10.2 Å². The highest BCUT2D eigenvalue weighted by Gasteiger charge is 2.38. The van der Waals surface area contributed by atoms with Gasteiger partial charge in [-0.3, -0.25) is 14.3 Å². The van der Waals surface area contributed by atoms with Crippen LogP contribution in [0.15, 0.2) is 12.4 Å². The number of piperazine rings is 1. The lowest BCUT2D eigenvalue weighted by Gasteiger charge is -2.38. The molecule has 1 aromatic heterocycles. The molecular formula is C15H24N4O2. The molecule has 1 aliphatic heterocycles. The molecule has 0 radical (unpaired) electrons. The van der Waals surface area contributed by atoms with Crippen molar-refractivity contribution in [2.24, 2.45) is 5.92 Å². The lowest BCUT2D eigenvalue weighted by molar-refractivity contribution is -0.150. The van der Waals surface area contributed by atoms with Crippen LogP contribution in [-0.4, -0.2) is 38.6 Å². The zero-order valence-electron chi connectivity index (χ0n) is 13.2. The Morgan fingerprint density at radius 3 is 2.67 bits per heavy atom. The summed E-state index contributed by atoms with van der Waals surface area (Å²) in [5.74, 6) is 0.269. The summed E-state index contributed by atoms with van der Waals surface area (Å²) in [5.41, 5.74) is 0.959. The minimum absolute atomic E-state index is 0.0236. The zero-order chi connectivity index (χ0) is 15.6. The molecule has 0 aromatic carbocycles. The maximum atomic E-state index is 12.4. The van der Waals surface area contributed by atoms with E-state index in [1.54, 1.807) is 18.0 Å². The quantitative estimate of drug-likeness (QED) is 0.885. The van der Waals surface area contributed by atoms with E-state index < -0.39 is 12.1 Å². The Hall–Kier alpha value is -1.85. The Morgan fingerprint density at radius 2 is 2.10 bits per heavy atom. The van der Waals surface area contributed by atoms with Crippen LogP contribution in [0.5, 0.6) is 0 Å². The van der Waals surface area contributed by atoms with E-state index in [2.05, 4.69) is 24.3 Å². The van der Waals surface area contributed by atoms with Crippen molar-refractivity contribution in [3.63, 3.8) is 0 Å². The smallest absolute Gasteiger partial charge is 0.245 e. The number of carbonyl (C=O) groups excluding carboxylic acids is 2. The fraction of sp³-hybridized carbons (Fsp3) is 0.667. The van der Waals surface area contributed by atoms with Gasteiger partial charge in [-0.05, 0) is 26.2 Å². The average Bonchev–Trinajstić information content (AvgIpc) is 2.87. The molecule has 116 valence electrons. The number of hydrogen-bond donors (Lipinski definition) is 1. The molecule has 2 unspecified atom stereocenters. The van der Waals surface area contributed by atoms with Gasteiger partial charge in [-0.1, -0.05) is 13.8 Å². The van der Waals surface area contributed by atoms with Crippen LogP contribution in [0.4, 0.5) is 0 Å². The van der Waals surface area contributed by atoms with Crippen LogP contribution in [0.2, 0.25) is 0 Å². The second-order valence-electron chi connectivity index (χ2n) is 6.05. The summed E-state index contributed by atoms with van der Waals surface area (Å²) in [6.45, 7) is 9.09. The van der Waals surface area contributed by atoms with Gasteiger partial charge in [0.25, 0.3) is 0 Å². The molecule has 1 saturated heterocycles. The molecule has 6 heteroatoms. The van der Waals surface area contributed by atoms with E-state index in [4.69, 9.17) is 0 Å². The Bertz CT molecular complexity index is 523. The topological polar surface area (TPSA) is 67.2 Å². The molecule has 21 heavy (non-hydrogen) atoms. The summed E-state index contributed by atoms with van der Waals surface area (Å²) in [6.07, 6.45) is 4.36. The Balaban J connectivity index is 2.20. The predicted octanol–water partition coefficient (Wildman–Crippen LogP) is 1.16. The minimum Gasteiger partial charge on any atom is -0.343 e. The number of carbonyl (C=O) groups is 2. The van der Waals surface area contributed by atoms with Crippen molar-refractivity contribution in [1.29, 1.82) is 0 Å². The van der Waals surface area contributed by atoms with Gasteiger partial charge >= 0.3 is 0 Å². The largest absolute Gasteiger partial charge is 0.343 e. The third kappa shape index (κ3) is 3.43. The summed E-state index contributed by atoms with van der Waals surface area (Å²) >= 11 is 0. The van der Waals surface area contributed by atoms with Gasteiger partial charge in [0.1, 0.15) is 12.1 Å². The van der Waals surface area contributed by atoms with E-state index in [1.807, 2.05) is 17.8 Å². The van der Waals surface area contributed by atoms with Gasteiger partial charge in [-0.25, -0.2) is 0 Å². The number of rotatable bonds is 5. The summed E-state index contributed by atoms with van der Waals surface area (Å²) < 4.78 is 1.82. The van der Waals surface area contributed by atoms with Crippen LogP contribution in [-0.2, 0) is 22.7 Å². The van der Waals surface area contributed by atoms with Crippen molar-refractivity contribution in [1.82, 2.24) is 20.0 Å². The van der Waals surface area contributed by atoms with Crippen molar-refractivity contribution in [2.75, 3.05) is 0 Å². The fourth-order valence-electron chi connectivity index (χ4n) is 2.64. The SMILES string of the molecule is CCn1cc(CN2C(=O)C(C)NC(=O)C2CC(C)C)cn1. The van der Waals surface area contributed by atoms with Crippen LogP contribution in [0, 0.1) is 5.92 Å². The van der Waals surface area contributed by atoms with Crippen molar-refractivity contribution in [3.05, 3.63) is 18.0 Å². The molecule has 6 nitrogen and oxygen atoms in total. The molecule has 1 fully saturated rings. The number of aromatic nitrogens is 2. The summed E-state index contributed by atoms with van der Waals surface area (Å²) in [5, 5.41) is 6.99. The van der Waals surface area contributed by atoms with Crippen molar-refractivity contribution < 1.29 is 9.59 Å². The Labute approximate surface area is 125 Å². The third-order valence-electron chi connectivity index (χ3n) is 3.75. The summed E-state index contributed by atoms with van der Waals surface area (Å²) in [7, 11) is 0. The molecule has 0 bridgehead atoms. The molecule has 2 atom stereocenters. The molecular weight excluding hydrogens is 268 g/mol. The van der Waals surface area contributed by atoms with Crippen LogP contribution < -0.4 is 5.32 Å².